The molecule has 0 bridgehead atoms. The number of hydrogen-bond acceptors (Lipinski definition) is 2. The summed E-state index contributed by atoms with van der Waals surface area (Å²) in [5, 5.41) is 9.93. The van der Waals surface area contributed by atoms with Crippen LogP contribution in [0.5, 0.6) is 0 Å². The molecule has 0 amide bonds. The van der Waals surface area contributed by atoms with E-state index in [-0.39, 0.29) is 11.6 Å². The predicted octanol–water partition coefficient (Wildman–Crippen LogP) is 4.64. The number of alkyl halides is 6. The summed E-state index contributed by atoms with van der Waals surface area (Å²) in [5.74, 6) is -1.46. The van der Waals surface area contributed by atoms with Gasteiger partial charge in [-0.1, -0.05) is 42.5 Å². The minimum Gasteiger partial charge on any atom is -0.380 e. The van der Waals surface area contributed by atoms with E-state index in [9.17, 15) is 36.2 Å². The van der Waals surface area contributed by atoms with Crippen molar-refractivity contribution in [3.63, 3.8) is 0 Å². The lowest BCUT2D eigenvalue weighted by molar-refractivity contribution is -0.162. The average molecular weight is 348 g/mol. The number of carbonyl (C=O) groups is 1. The highest BCUT2D eigenvalue weighted by atomic mass is 19.4. The molecule has 0 aliphatic carbocycles. The quantitative estimate of drug-likeness (QED) is 0.648. The molecule has 1 unspecified atom stereocenters. The summed E-state index contributed by atoms with van der Waals surface area (Å²) in [6.07, 6.45) is -12.7. The van der Waals surface area contributed by atoms with Gasteiger partial charge in [0.25, 0.3) is 0 Å². The van der Waals surface area contributed by atoms with Crippen molar-refractivity contribution in [1.82, 2.24) is 0 Å². The number of benzene rings is 2. The highest BCUT2D eigenvalue weighted by molar-refractivity contribution is 6.01. The zero-order chi connectivity index (χ0) is 18.1. The van der Waals surface area contributed by atoms with Crippen LogP contribution in [-0.4, -0.2) is 10.9 Å². The Morgan fingerprint density at radius 1 is 0.833 bits per heavy atom. The lowest BCUT2D eigenvalue weighted by atomic mass is 9.92. The fourth-order valence-corrected chi connectivity index (χ4v) is 2.23. The normalized spacial score (nSPS) is 13.6. The zero-order valence-electron chi connectivity index (χ0n) is 11.8. The van der Waals surface area contributed by atoms with E-state index in [1.54, 1.807) is 6.07 Å². The van der Waals surface area contributed by atoms with Crippen molar-refractivity contribution in [2.24, 2.45) is 0 Å². The zero-order valence-corrected chi connectivity index (χ0v) is 11.8. The summed E-state index contributed by atoms with van der Waals surface area (Å²) in [7, 11) is 0. The van der Waals surface area contributed by atoms with Crippen molar-refractivity contribution in [2.75, 3.05) is 0 Å². The molecule has 0 radical (unpaired) electrons. The van der Waals surface area contributed by atoms with Crippen LogP contribution in [0, 0.1) is 0 Å². The van der Waals surface area contributed by atoms with Gasteiger partial charge < -0.3 is 5.11 Å². The number of halogens is 6. The fourth-order valence-electron chi connectivity index (χ4n) is 2.23. The molecule has 2 rings (SSSR count). The van der Waals surface area contributed by atoms with Gasteiger partial charge in [-0.25, -0.2) is 0 Å². The molecule has 0 saturated heterocycles. The Bertz CT molecular complexity index is 734. The third-order valence-corrected chi connectivity index (χ3v) is 3.28. The van der Waals surface area contributed by atoms with Gasteiger partial charge in [-0.15, -0.1) is 0 Å². The molecule has 0 spiro atoms. The highest BCUT2D eigenvalue weighted by Crippen LogP contribution is 2.42. The minimum atomic E-state index is -5.41. The first-order valence-corrected chi connectivity index (χ1v) is 6.58. The second-order valence-electron chi connectivity index (χ2n) is 4.90. The number of ketones is 1. The largest absolute Gasteiger partial charge is 0.417 e. The summed E-state index contributed by atoms with van der Waals surface area (Å²) < 4.78 is 78.0. The Kier molecular flexibility index (Phi) is 4.70. The van der Waals surface area contributed by atoms with Crippen molar-refractivity contribution < 1.29 is 36.2 Å². The van der Waals surface area contributed by atoms with Crippen molar-refractivity contribution in [3.05, 3.63) is 70.8 Å². The third kappa shape index (κ3) is 3.59. The van der Waals surface area contributed by atoms with Gasteiger partial charge in [-0.05, 0) is 11.6 Å². The van der Waals surface area contributed by atoms with E-state index in [2.05, 4.69) is 0 Å². The van der Waals surface area contributed by atoms with E-state index in [0.717, 1.165) is 0 Å². The summed E-state index contributed by atoms with van der Waals surface area (Å²) in [4.78, 5) is 12.2. The molecule has 0 fully saturated rings. The fraction of sp³-hybridized carbons (Fsp3) is 0.188. The lowest BCUT2D eigenvalue weighted by Crippen LogP contribution is -2.23. The van der Waals surface area contributed by atoms with Crippen LogP contribution in [0.15, 0.2) is 48.5 Å². The van der Waals surface area contributed by atoms with E-state index < -0.39 is 40.9 Å². The maximum Gasteiger partial charge on any atom is 0.417 e. The summed E-state index contributed by atoms with van der Waals surface area (Å²) >= 11 is 0. The molecule has 0 aliphatic rings. The smallest absolute Gasteiger partial charge is 0.380 e. The molecule has 2 aromatic carbocycles. The van der Waals surface area contributed by atoms with E-state index in [1.165, 1.54) is 24.3 Å². The standard InChI is InChI=1S/C16H10F6O2/c17-15(18,19)11-8-4-7-10(12(11)16(20,21)22)14(24)13(23)9-5-2-1-3-6-9/h1-8,13,23H. The molecule has 2 aromatic rings. The number of carbonyl (C=O) groups excluding carboxylic acids is 1. The molecular weight excluding hydrogens is 338 g/mol. The van der Waals surface area contributed by atoms with Gasteiger partial charge in [0, 0.05) is 5.56 Å². The Balaban J connectivity index is 2.60. The van der Waals surface area contributed by atoms with Crippen LogP contribution in [0.25, 0.3) is 0 Å². The minimum absolute atomic E-state index is 0.0203. The van der Waals surface area contributed by atoms with Crippen molar-refractivity contribution >= 4 is 5.78 Å². The predicted molar refractivity (Wildman–Crippen MR) is 72.2 cm³/mol. The van der Waals surface area contributed by atoms with Gasteiger partial charge in [0.15, 0.2) is 5.78 Å². The summed E-state index contributed by atoms with van der Waals surface area (Å²) in [5.41, 5.74) is -5.32. The van der Waals surface area contributed by atoms with E-state index in [0.29, 0.717) is 12.1 Å². The molecule has 0 aliphatic heterocycles. The van der Waals surface area contributed by atoms with E-state index >= 15 is 0 Å². The molecule has 1 N–H and O–H groups in total. The first kappa shape index (κ1) is 18.0. The van der Waals surface area contributed by atoms with Crippen molar-refractivity contribution in [2.45, 2.75) is 18.5 Å². The SMILES string of the molecule is O=C(c1cccc(C(F)(F)F)c1C(F)(F)F)C(O)c1ccccc1. The summed E-state index contributed by atoms with van der Waals surface area (Å²) in [6, 6.07) is 8.54. The van der Waals surface area contributed by atoms with Crippen molar-refractivity contribution in [1.29, 1.82) is 0 Å². The Morgan fingerprint density at radius 2 is 1.42 bits per heavy atom. The van der Waals surface area contributed by atoms with Crippen LogP contribution >= 0.6 is 0 Å². The van der Waals surface area contributed by atoms with E-state index in [4.69, 9.17) is 0 Å². The lowest BCUT2D eigenvalue weighted by Gasteiger charge is -2.20. The van der Waals surface area contributed by atoms with Crippen LogP contribution in [-0.2, 0) is 12.4 Å². The topological polar surface area (TPSA) is 37.3 Å². The Hall–Kier alpha value is -2.35. The second kappa shape index (κ2) is 6.27. The Labute approximate surface area is 132 Å². The summed E-state index contributed by atoms with van der Waals surface area (Å²) in [6.45, 7) is 0. The van der Waals surface area contributed by atoms with Gasteiger partial charge in [0.1, 0.15) is 6.10 Å². The van der Waals surface area contributed by atoms with Crippen LogP contribution in [0.3, 0.4) is 0 Å². The van der Waals surface area contributed by atoms with Crippen LogP contribution in [0.4, 0.5) is 26.3 Å². The molecule has 1 atom stereocenters. The van der Waals surface area contributed by atoms with Gasteiger partial charge in [-0.2, -0.15) is 26.3 Å². The molecule has 128 valence electrons. The van der Waals surface area contributed by atoms with E-state index in [1.807, 2.05) is 0 Å². The maximum absolute atomic E-state index is 13.1. The number of rotatable bonds is 3. The van der Waals surface area contributed by atoms with Gasteiger partial charge in [0.2, 0.25) is 0 Å². The molecule has 2 nitrogen and oxygen atoms in total. The number of aliphatic hydroxyl groups is 1. The maximum atomic E-state index is 13.1. The third-order valence-electron chi connectivity index (χ3n) is 3.28. The molecule has 24 heavy (non-hydrogen) atoms. The first-order chi connectivity index (χ1) is 11.0. The van der Waals surface area contributed by atoms with Crippen LogP contribution < -0.4 is 0 Å². The Morgan fingerprint density at radius 3 is 1.92 bits per heavy atom. The van der Waals surface area contributed by atoms with Crippen molar-refractivity contribution in [3.8, 4) is 0 Å². The van der Waals surface area contributed by atoms with Crippen LogP contribution in [0.2, 0.25) is 0 Å². The molecular formula is C16H10F6O2. The molecule has 8 heteroatoms. The molecule has 0 aromatic heterocycles. The second-order valence-corrected chi connectivity index (χ2v) is 4.90. The number of aliphatic hydroxyl groups excluding tert-OH is 1. The van der Waals surface area contributed by atoms with Gasteiger partial charge >= 0.3 is 12.4 Å². The first-order valence-electron chi connectivity index (χ1n) is 6.58. The molecule has 0 heterocycles. The average Bonchev–Trinajstić information content (AvgIpc) is 2.52. The number of Topliss-reactive ketones (excluding diaryl/α,β-unsaturated/α-hetero) is 1. The highest BCUT2D eigenvalue weighted by Gasteiger charge is 2.46. The van der Waals surface area contributed by atoms with Gasteiger partial charge in [-0.3, -0.25) is 4.79 Å². The monoisotopic (exact) mass is 348 g/mol. The van der Waals surface area contributed by atoms with Crippen LogP contribution in [0.1, 0.15) is 33.2 Å². The van der Waals surface area contributed by atoms with Gasteiger partial charge in [0.05, 0.1) is 11.1 Å². The number of hydrogen-bond donors (Lipinski definition) is 1. The molecule has 0 saturated carbocycles.